The zero-order valence-electron chi connectivity index (χ0n) is 12.9. The van der Waals surface area contributed by atoms with Crippen molar-refractivity contribution in [1.29, 1.82) is 5.41 Å². The molecule has 4 N–H and O–H groups in total. The maximum Gasteiger partial charge on any atom is 0.154 e. The van der Waals surface area contributed by atoms with E-state index < -0.39 is 11.9 Å². The first-order valence-corrected chi connectivity index (χ1v) is 7.99. The summed E-state index contributed by atoms with van der Waals surface area (Å²) < 4.78 is 4.83. The lowest BCUT2D eigenvalue weighted by Gasteiger charge is -2.33. The lowest BCUT2D eigenvalue weighted by atomic mass is 9.84. The molecule has 0 bridgehead atoms. The molecule has 1 unspecified atom stereocenters. The van der Waals surface area contributed by atoms with Crippen LogP contribution in [0, 0.1) is 5.41 Å². The van der Waals surface area contributed by atoms with Crippen LogP contribution >= 0.6 is 0 Å². The molecule has 0 spiro atoms. The first kappa shape index (κ1) is 17.1. The highest BCUT2D eigenvalue weighted by molar-refractivity contribution is 6.04. The second-order valence-electron chi connectivity index (χ2n) is 5.84. The van der Waals surface area contributed by atoms with E-state index >= 15 is 0 Å². The quantitative estimate of drug-likeness (QED) is 0.626. The molecule has 5 nitrogen and oxygen atoms in total. The van der Waals surface area contributed by atoms with Crippen LogP contribution in [0.5, 0.6) is 0 Å². The second kappa shape index (κ2) is 8.39. The van der Waals surface area contributed by atoms with Crippen LogP contribution in [-0.4, -0.2) is 47.5 Å². The van der Waals surface area contributed by atoms with Crippen LogP contribution in [0.25, 0.3) is 0 Å². The molecule has 2 fully saturated rings. The molecule has 1 aromatic carbocycles. The SMILES string of the molecule is N=C(c1ccccc1)C1(O)CCNCC1.OC1CCCCO1. The molecule has 22 heavy (non-hydrogen) atoms. The Hall–Kier alpha value is -1.27. The summed E-state index contributed by atoms with van der Waals surface area (Å²) >= 11 is 0. The predicted molar refractivity (Wildman–Crippen MR) is 86.1 cm³/mol. The first-order chi connectivity index (χ1) is 10.6. The van der Waals surface area contributed by atoms with Gasteiger partial charge in [-0.2, -0.15) is 0 Å². The Labute approximate surface area is 131 Å². The monoisotopic (exact) mass is 306 g/mol. The lowest BCUT2D eigenvalue weighted by molar-refractivity contribution is -0.123. The van der Waals surface area contributed by atoms with Gasteiger partial charge in [0, 0.05) is 6.61 Å². The van der Waals surface area contributed by atoms with Crippen molar-refractivity contribution in [2.24, 2.45) is 0 Å². The lowest BCUT2D eigenvalue weighted by Crippen LogP contribution is -2.47. The van der Waals surface area contributed by atoms with E-state index in [1.165, 1.54) is 0 Å². The summed E-state index contributed by atoms with van der Waals surface area (Å²) in [5.74, 6) is 0. The van der Waals surface area contributed by atoms with E-state index in [1.54, 1.807) is 0 Å². The Bertz CT molecular complexity index is 452. The summed E-state index contributed by atoms with van der Waals surface area (Å²) in [5.41, 5.74) is 0.235. The van der Waals surface area contributed by atoms with Crippen LogP contribution < -0.4 is 5.32 Å². The molecule has 0 aromatic heterocycles. The minimum absolute atomic E-state index is 0.351. The molecule has 2 aliphatic heterocycles. The van der Waals surface area contributed by atoms with E-state index in [9.17, 15) is 5.11 Å². The maximum atomic E-state index is 10.3. The fourth-order valence-corrected chi connectivity index (χ4v) is 2.69. The number of aliphatic hydroxyl groups excluding tert-OH is 1. The van der Waals surface area contributed by atoms with Crippen molar-refractivity contribution < 1.29 is 14.9 Å². The van der Waals surface area contributed by atoms with Gasteiger partial charge in [-0.05, 0) is 50.8 Å². The van der Waals surface area contributed by atoms with Crippen molar-refractivity contribution in [2.45, 2.75) is 44.0 Å². The van der Waals surface area contributed by atoms with Crippen molar-refractivity contribution in [3.63, 3.8) is 0 Å². The van der Waals surface area contributed by atoms with Crippen LogP contribution in [0.1, 0.15) is 37.7 Å². The van der Waals surface area contributed by atoms with E-state index in [2.05, 4.69) is 5.32 Å². The van der Waals surface area contributed by atoms with E-state index in [0.717, 1.165) is 44.5 Å². The fraction of sp³-hybridized carbons (Fsp3) is 0.588. The Morgan fingerprint density at radius 3 is 2.36 bits per heavy atom. The molecule has 2 heterocycles. The molecule has 5 heteroatoms. The molecular weight excluding hydrogens is 280 g/mol. The molecule has 2 saturated heterocycles. The van der Waals surface area contributed by atoms with Gasteiger partial charge >= 0.3 is 0 Å². The van der Waals surface area contributed by atoms with Crippen LogP contribution in [0.15, 0.2) is 30.3 Å². The second-order valence-corrected chi connectivity index (χ2v) is 5.84. The third-order valence-electron chi connectivity index (χ3n) is 4.11. The summed E-state index contributed by atoms with van der Waals surface area (Å²) in [6.07, 6.45) is 3.83. The van der Waals surface area contributed by atoms with Gasteiger partial charge in [0.25, 0.3) is 0 Å². The van der Waals surface area contributed by atoms with Gasteiger partial charge in [0.2, 0.25) is 0 Å². The maximum absolute atomic E-state index is 10.3. The van der Waals surface area contributed by atoms with Gasteiger partial charge in [-0.15, -0.1) is 0 Å². The number of benzene rings is 1. The largest absolute Gasteiger partial charge is 0.383 e. The average Bonchev–Trinajstić information content (AvgIpc) is 2.57. The van der Waals surface area contributed by atoms with Crippen molar-refractivity contribution in [3.8, 4) is 0 Å². The van der Waals surface area contributed by atoms with Gasteiger partial charge < -0.3 is 25.7 Å². The first-order valence-electron chi connectivity index (χ1n) is 7.99. The van der Waals surface area contributed by atoms with Gasteiger partial charge in [0.05, 0.1) is 5.71 Å². The molecule has 1 aromatic rings. The number of nitrogens with one attached hydrogen (secondary N) is 2. The molecule has 3 rings (SSSR count). The molecule has 0 amide bonds. The normalized spacial score (nSPS) is 24.0. The van der Waals surface area contributed by atoms with Gasteiger partial charge in [0.1, 0.15) is 5.60 Å². The molecular formula is C17H26N2O3. The molecule has 0 radical (unpaired) electrons. The van der Waals surface area contributed by atoms with Gasteiger partial charge in [-0.25, -0.2) is 0 Å². The number of piperidine rings is 1. The van der Waals surface area contributed by atoms with Crippen molar-refractivity contribution in [1.82, 2.24) is 5.32 Å². The highest BCUT2D eigenvalue weighted by Crippen LogP contribution is 2.23. The standard InChI is InChI=1S/C12H16N2O.C5H10O2/c13-11(10-4-2-1-3-5-10)12(15)6-8-14-9-7-12;6-5-3-1-2-4-7-5/h1-5,13-15H,6-9H2;5-6H,1-4H2. The summed E-state index contributed by atoms with van der Waals surface area (Å²) in [5, 5.41) is 30.2. The molecule has 0 saturated carbocycles. The highest BCUT2D eigenvalue weighted by atomic mass is 16.6. The predicted octanol–water partition coefficient (Wildman–Crippen LogP) is 1.67. The zero-order valence-corrected chi connectivity index (χ0v) is 12.9. The smallest absolute Gasteiger partial charge is 0.154 e. The molecule has 1 atom stereocenters. The number of ether oxygens (including phenoxy) is 1. The van der Waals surface area contributed by atoms with Gasteiger partial charge in [0.15, 0.2) is 6.29 Å². The summed E-state index contributed by atoms with van der Waals surface area (Å²) in [6, 6.07) is 9.47. The summed E-state index contributed by atoms with van der Waals surface area (Å²) in [4.78, 5) is 0. The summed E-state index contributed by atoms with van der Waals surface area (Å²) in [7, 11) is 0. The number of hydrogen-bond donors (Lipinski definition) is 4. The Morgan fingerprint density at radius 1 is 1.18 bits per heavy atom. The number of rotatable bonds is 2. The van der Waals surface area contributed by atoms with Crippen LogP contribution in [0.4, 0.5) is 0 Å². The van der Waals surface area contributed by atoms with Crippen LogP contribution in [0.3, 0.4) is 0 Å². The number of hydrogen-bond acceptors (Lipinski definition) is 5. The van der Waals surface area contributed by atoms with Gasteiger partial charge in [-0.3, -0.25) is 0 Å². The van der Waals surface area contributed by atoms with Crippen LogP contribution in [-0.2, 0) is 4.74 Å². The Morgan fingerprint density at radius 2 is 1.86 bits per heavy atom. The Balaban J connectivity index is 0.000000211. The van der Waals surface area contributed by atoms with E-state index in [-0.39, 0.29) is 0 Å². The number of aliphatic hydroxyl groups is 2. The fourth-order valence-electron chi connectivity index (χ4n) is 2.69. The Kier molecular flexibility index (Phi) is 6.51. The van der Waals surface area contributed by atoms with E-state index in [1.807, 2.05) is 30.3 Å². The highest BCUT2D eigenvalue weighted by Gasteiger charge is 2.34. The van der Waals surface area contributed by atoms with Crippen molar-refractivity contribution >= 4 is 5.71 Å². The topological polar surface area (TPSA) is 85.6 Å². The average molecular weight is 306 g/mol. The third kappa shape index (κ3) is 4.88. The van der Waals surface area contributed by atoms with Crippen LogP contribution in [0.2, 0.25) is 0 Å². The van der Waals surface area contributed by atoms with Crippen molar-refractivity contribution in [2.75, 3.05) is 19.7 Å². The molecule has 122 valence electrons. The molecule has 2 aliphatic rings. The summed E-state index contributed by atoms with van der Waals surface area (Å²) in [6.45, 7) is 2.30. The van der Waals surface area contributed by atoms with Gasteiger partial charge in [-0.1, -0.05) is 30.3 Å². The molecule has 0 aliphatic carbocycles. The minimum atomic E-state index is -0.938. The van der Waals surface area contributed by atoms with E-state index in [4.69, 9.17) is 15.3 Å². The van der Waals surface area contributed by atoms with E-state index in [0.29, 0.717) is 18.6 Å². The van der Waals surface area contributed by atoms with Crippen molar-refractivity contribution in [3.05, 3.63) is 35.9 Å². The zero-order chi connectivity index (χ0) is 15.8. The third-order valence-corrected chi connectivity index (χ3v) is 4.11. The minimum Gasteiger partial charge on any atom is -0.383 e.